The molecule has 1 aliphatic heterocycles. The highest BCUT2D eigenvalue weighted by atomic mass is 16.3. The van der Waals surface area contributed by atoms with Crippen molar-refractivity contribution in [2.24, 2.45) is 7.05 Å². The Labute approximate surface area is 135 Å². The Kier molecular flexibility index (Phi) is 3.53. The minimum atomic E-state index is 0.186. The third-order valence-electron chi connectivity index (χ3n) is 4.61. The molecule has 0 bridgehead atoms. The lowest BCUT2D eigenvalue weighted by Crippen LogP contribution is -2.48. The van der Waals surface area contributed by atoms with Crippen LogP contribution in [-0.4, -0.2) is 45.6 Å². The lowest BCUT2D eigenvalue weighted by atomic mass is 10.2. The average Bonchev–Trinajstić information content (AvgIpc) is 3.20. The summed E-state index contributed by atoms with van der Waals surface area (Å²) in [5, 5.41) is 0. The third-order valence-corrected chi connectivity index (χ3v) is 4.61. The van der Waals surface area contributed by atoms with Gasteiger partial charge in [0.15, 0.2) is 5.58 Å². The molecule has 4 rings (SSSR count). The predicted octanol–water partition coefficient (Wildman–Crippen LogP) is 2.44. The quantitative estimate of drug-likeness (QED) is 0.743. The Bertz CT molecular complexity index is 767. The van der Waals surface area contributed by atoms with Crippen molar-refractivity contribution in [3.8, 4) is 0 Å². The fourth-order valence-corrected chi connectivity index (χ4v) is 3.20. The standard InChI is InChI=1S/C17H21N5O/c1-13(16-19-14-5-3-4-6-15(14)23-16)21-9-11-22(12-10-21)17-18-7-8-20(17)2/h3-8,13H,9-12H2,1-2H3. The predicted molar refractivity (Wildman–Crippen MR) is 89.4 cm³/mol. The summed E-state index contributed by atoms with van der Waals surface area (Å²) < 4.78 is 7.99. The molecule has 0 radical (unpaired) electrons. The first kappa shape index (κ1) is 14.3. The molecule has 1 unspecified atom stereocenters. The van der Waals surface area contributed by atoms with Crippen molar-refractivity contribution in [3.05, 3.63) is 42.5 Å². The molecule has 1 fully saturated rings. The molecule has 1 saturated heterocycles. The summed E-state index contributed by atoms with van der Waals surface area (Å²) in [5.41, 5.74) is 1.79. The Morgan fingerprint density at radius 2 is 1.91 bits per heavy atom. The van der Waals surface area contributed by atoms with Crippen LogP contribution in [0.4, 0.5) is 5.95 Å². The molecule has 6 nitrogen and oxygen atoms in total. The minimum absolute atomic E-state index is 0.186. The van der Waals surface area contributed by atoms with Crippen molar-refractivity contribution in [1.82, 2.24) is 19.4 Å². The molecule has 0 amide bonds. The lowest BCUT2D eigenvalue weighted by molar-refractivity contribution is 0.174. The van der Waals surface area contributed by atoms with Gasteiger partial charge in [0.05, 0.1) is 6.04 Å². The van der Waals surface area contributed by atoms with Gasteiger partial charge in [-0.2, -0.15) is 0 Å². The Morgan fingerprint density at radius 1 is 1.13 bits per heavy atom. The summed E-state index contributed by atoms with van der Waals surface area (Å²) in [7, 11) is 2.04. The van der Waals surface area contributed by atoms with Crippen LogP contribution < -0.4 is 4.90 Å². The smallest absolute Gasteiger partial charge is 0.212 e. The van der Waals surface area contributed by atoms with Crippen molar-refractivity contribution in [3.63, 3.8) is 0 Å². The molecule has 2 aromatic heterocycles. The van der Waals surface area contributed by atoms with Crippen molar-refractivity contribution in [1.29, 1.82) is 0 Å². The highest BCUT2D eigenvalue weighted by Crippen LogP contribution is 2.25. The second-order valence-electron chi connectivity index (χ2n) is 6.06. The molecule has 3 heterocycles. The van der Waals surface area contributed by atoms with Crippen LogP contribution in [0.25, 0.3) is 11.1 Å². The van der Waals surface area contributed by atoms with E-state index in [1.807, 2.05) is 43.7 Å². The van der Waals surface area contributed by atoms with Gasteiger partial charge in [0.1, 0.15) is 5.52 Å². The zero-order valence-corrected chi connectivity index (χ0v) is 13.5. The van der Waals surface area contributed by atoms with Gasteiger partial charge in [0.2, 0.25) is 11.8 Å². The molecular weight excluding hydrogens is 290 g/mol. The van der Waals surface area contributed by atoms with Crippen LogP contribution in [0.3, 0.4) is 0 Å². The van der Waals surface area contributed by atoms with Crippen LogP contribution in [0.1, 0.15) is 18.9 Å². The fraction of sp³-hybridized carbons (Fsp3) is 0.412. The van der Waals surface area contributed by atoms with Crippen molar-refractivity contribution < 1.29 is 4.42 Å². The van der Waals surface area contributed by atoms with E-state index in [9.17, 15) is 0 Å². The van der Waals surface area contributed by atoms with E-state index in [0.717, 1.165) is 49.1 Å². The van der Waals surface area contributed by atoms with E-state index < -0.39 is 0 Å². The summed E-state index contributed by atoms with van der Waals surface area (Å²) in [6, 6.07) is 8.12. The maximum Gasteiger partial charge on any atom is 0.212 e. The van der Waals surface area contributed by atoms with Gasteiger partial charge in [-0.15, -0.1) is 0 Å². The number of hydrogen-bond donors (Lipinski definition) is 0. The van der Waals surface area contributed by atoms with E-state index in [4.69, 9.17) is 4.42 Å². The summed E-state index contributed by atoms with van der Waals surface area (Å²) in [5.74, 6) is 1.84. The number of aryl methyl sites for hydroxylation is 1. The normalized spacial score (nSPS) is 17.7. The van der Waals surface area contributed by atoms with E-state index in [-0.39, 0.29) is 6.04 Å². The summed E-state index contributed by atoms with van der Waals surface area (Å²) in [4.78, 5) is 13.8. The number of benzene rings is 1. The number of para-hydroxylation sites is 2. The van der Waals surface area contributed by atoms with Gasteiger partial charge in [-0.05, 0) is 19.1 Å². The summed E-state index contributed by atoms with van der Waals surface area (Å²) in [6.45, 7) is 6.06. The fourth-order valence-electron chi connectivity index (χ4n) is 3.20. The van der Waals surface area contributed by atoms with Gasteiger partial charge in [0.25, 0.3) is 0 Å². The first-order valence-corrected chi connectivity index (χ1v) is 8.04. The van der Waals surface area contributed by atoms with Gasteiger partial charge in [-0.25, -0.2) is 9.97 Å². The first-order valence-electron chi connectivity index (χ1n) is 8.04. The van der Waals surface area contributed by atoms with Crippen molar-refractivity contribution in [2.45, 2.75) is 13.0 Å². The molecule has 0 spiro atoms. The highest BCUT2D eigenvalue weighted by molar-refractivity contribution is 5.72. The second kappa shape index (κ2) is 5.70. The largest absolute Gasteiger partial charge is 0.439 e. The van der Waals surface area contributed by atoms with E-state index >= 15 is 0 Å². The topological polar surface area (TPSA) is 50.3 Å². The number of anilines is 1. The van der Waals surface area contributed by atoms with Gasteiger partial charge in [-0.3, -0.25) is 4.90 Å². The van der Waals surface area contributed by atoms with Crippen LogP contribution in [0.5, 0.6) is 0 Å². The highest BCUT2D eigenvalue weighted by Gasteiger charge is 2.26. The Morgan fingerprint density at radius 3 is 2.61 bits per heavy atom. The van der Waals surface area contributed by atoms with E-state index in [0.29, 0.717) is 0 Å². The van der Waals surface area contributed by atoms with E-state index in [1.165, 1.54) is 0 Å². The molecule has 0 aliphatic carbocycles. The molecule has 0 N–H and O–H groups in total. The van der Waals surface area contributed by atoms with Crippen LogP contribution in [0.15, 0.2) is 41.1 Å². The van der Waals surface area contributed by atoms with Gasteiger partial charge in [-0.1, -0.05) is 12.1 Å². The minimum Gasteiger partial charge on any atom is -0.439 e. The van der Waals surface area contributed by atoms with E-state index in [1.54, 1.807) is 0 Å². The zero-order valence-electron chi connectivity index (χ0n) is 13.5. The number of aromatic nitrogens is 3. The molecule has 6 heteroatoms. The van der Waals surface area contributed by atoms with Gasteiger partial charge < -0.3 is 13.9 Å². The number of oxazole rings is 1. The molecule has 1 aliphatic rings. The summed E-state index contributed by atoms with van der Waals surface area (Å²) in [6.07, 6.45) is 3.84. The molecular formula is C17H21N5O. The van der Waals surface area contributed by atoms with Crippen LogP contribution in [-0.2, 0) is 7.05 Å². The van der Waals surface area contributed by atoms with Crippen molar-refractivity contribution in [2.75, 3.05) is 31.1 Å². The maximum atomic E-state index is 5.92. The second-order valence-corrected chi connectivity index (χ2v) is 6.06. The first-order chi connectivity index (χ1) is 11.2. The van der Waals surface area contributed by atoms with Crippen LogP contribution in [0, 0.1) is 0 Å². The molecule has 1 atom stereocenters. The number of hydrogen-bond acceptors (Lipinski definition) is 5. The van der Waals surface area contributed by atoms with E-state index in [2.05, 4.69) is 31.3 Å². The number of fused-ring (bicyclic) bond motifs is 1. The molecule has 120 valence electrons. The van der Waals surface area contributed by atoms with Crippen molar-refractivity contribution >= 4 is 17.0 Å². The number of piperazine rings is 1. The number of rotatable bonds is 3. The molecule has 23 heavy (non-hydrogen) atoms. The van der Waals surface area contributed by atoms with Gasteiger partial charge >= 0.3 is 0 Å². The third kappa shape index (κ3) is 2.59. The summed E-state index contributed by atoms with van der Waals surface area (Å²) >= 11 is 0. The molecule has 0 saturated carbocycles. The Hall–Kier alpha value is -2.34. The van der Waals surface area contributed by atoms with Crippen LogP contribution >= 0.6 is 0 Å². The average molecular weight is 311 g/mol. The maximum absolute atomic E-state index is 5.92. The number of nitrogens with zero attached hydrogens (tertiary/aromatic N) is 5. The SMILES string of the molecule is CC(c1nc2ccccc2o1)N1CCN(c2nccn2C)CC1. The molecule has 1 aromatic carbocycles. The zero-order chi connectivity index (χ0) is 15.8. The van der Waals surface area contributed by atoms with Gasteiger partial charge in [0, 0.05) is 45.6 Å². The number of imidazole rings is 1. The lowest BCUT2D eigenvalue weighted by Gasteiger charge is -2.37. The monoisotopic (exact) mass is 311 g/mol. The molecule has 3 aromatic rings. The Balaban J connectivity index is 1.46. The van der Waals surface area contributed by atoms with Crippen LogP contribution in [0.2, 0.25) is 0 Å².